The monoisotopic (exact) mass is 208 g/mol. The molecule has 1 N–H and O–H groups in total. The Bertz CT molecular complexity index is 321. The summed E-state index contributed by atoms with van der Waals surface area (Å²) in [6, 6.07) is 0. The van der Waals surface area contributed by atoms with E-state index in [-0.39, 0.29) is 6.10 Å². The quantitative estimate of drug-likeness (QED) is 0.822. The largest absolute Gasteiger partial charge is 0.392 e. The molecule has 1 saturated carbocycles. The van der Waals surface area contributed by atoms with Crippen LogP contribution in [0.25, 0.3) is 0 Å². The normalized spacial score (nSPS) is 28.2. The van der Waals surface area contributed by atoms with Crippen molar-refractivity contribution >= 4 is 0 Å². The Hall–Kier alpha value is -0.830. The standard InChI is InChI=1S/C12H20N2O/c1-9-4-3-5-11(9)12(15)6-10-7-13-14(2)8-10/h7-9,11-12,15H,3-6H2,1-2H3. The van der Waals surface area contributed by atoms with Crippen molar-refractivity contribution in [1.82, 2.24) is 9.78 Å². The summed E-state index contributed by atoms with van der Waals surface area (Å²) in [7, 11) is 1.91. The van der Waals surface area contributed by atoms with Crippen molar-refractivity contribution in [3.8, 4) is 0 Å². The van der Waals surface area contributed by atoms with Gasteiger partial charge in [-0.25, -0.2) is 0 Å². The summed E-state index contributed by atoms with van der Waals surface area (Å²) in [4.78, 5) is 0. The van der Waals surface area contributed by atoms with E-state index in [1.807, 2.05) is 19.4 Å². The van der Waals surface area contributed by atoms with E-state index in [4.69, 9.17) is 0 Å². The number of rotatable bonds is 3. The van der Waals surface area contributed by atoms with Gasteiger partial charge in [0.05, 0.1) is 12.3 Å². The lowest BCUT2D eigenvalue weighted by Crippen LogP contribution is -2.24. The Kier molecular flexibility index (Phi) is 3.10. The Morgan fingerprint density at radius 3 is 2.93 bits per heavy atom. The van der Waals surface area contributed by atoms with Crippen molar-refractivity contribution in [2.75, 3.05) is 0 Å². The van der Waals surface area contributed by atoms with Crippen LogP contribution in [0.15, 0.2) is 12.4 Å². The van der Waals surface area contributed by atoms with Gasteiger partial charge in [0.25, 0.3) is 0 Å². The molecule has 1 aliphatic rings. The minimum atomic E-state index is -0.188. The second-order valence-electron chi connectivity index (χ2n) is 4.87. The summed E-state index contributed by atoms with van der Waals surface area (Å²) in [6.45, 7) is 2.25. The molecule has 15 heavy (non-hydrogen) atoms. The minimum Gasteiger partial charge on any atom is -0.392 e. The smallest absolute Gasteiger partial charge is 0.0612 e. The van der Waals surface area contributed by atoms with Crippen LogP contribution in [-0.2, 0) is 13.5 Å². The van der Waals surface area contributed by atoms with E-state index in [9.17, 15) is 5.11 Å². The summed E-state index contributed by atoms with van der Waals surface area (Å²) in [6.07, 6.45) is 8.13. The van der Waals surface area contributed by atoms with Crippen LogP contribution in [0.5, 0.6) is 0 Å². The molecule has 3 nitrogen and oxygen atoms in total. The van der Waals surface area contributed by atoms with Gasteiger partial charge in [-0.2, -0.15) is 5.10 Å². The van der Waals surface area contributed by atoms with Gasteiger partial charge in [0.15, 0.2) is 0 Å². The van der Waals surface area contributed by atoms with E-state index in [1.165, 1.54) is 19.3 Å². The average Bonchev–Trinajstić information content (AvgIpc) is 2.75. The topological polar surface area (TPSA) is 38.1 Å². The van der Waals surface area contributed by atoms with Crippen molar-refractivity contribution in [3.05, 3.63) is 18.0 Å². The molecule has 1 heterocycles. The molecule has 1 aromatic rings. The van der Waals surface area contributed by atoms with Crippen LogP contribution in [0.4, 0.5) is 0 Å². The maximum atomic E-state index is 10.1. The van der Waals surface area contributed by atoms with Crippen LogP contribution >= 0.6 is 0 Å². The number of hydrogen-bond acceptors (Lipinski definition) is 2. The Labute approximate surface area is 91.1 Å². The summed E-state index contributed by atoms with van der Waals surface area (Å²) in [5, 5.41) is 14.3. The van der Waals surface area contributed by atoms with Crippen LogP contribution in [0.3, 0.4) is 0 Å². The molecule has 1 fully saturated rings. The summed E-state index contributed by atoms with van der Waals surface area (Å²) in [5.74, 6) is 1.17. The van der Waals surface area contributed by atoms with Gasteiger partial charge in [-0.1, -0.05) is 19.8 Å². The molecule has 0 aliphatic heterocycles. The second kappa shape index (κ2) is 4.35. The molecule has 0 radical (unpaired) electrons. The van der Waals surface area contributed by atoms with Gasteiger partial charge in [-0.15, -0.1) is 0 Å². The number of aliphatic hydroxyl groups excluding tert-OH is 1. The van der Waals surface area contributed by atoms with Gasteiger partial charge in [0.1, 0.15) is 0 Å². The van der Waals surface area contributed by atoms with Gasteiger partial charge < -0.3 is 5.11 Å². The van der Waals surface area contributed by atoms with E-state index in [0.717, 1.165) is 12.0 Å². The molecular weight excluding hydrogens is 188 g/mol. The molecule has 0 spiro atoms. The van der Waals surface area contributed by atoms with Crippen LogP contribution < -0.4 is 0 Å². The third-order valence-electron chi connectivity index (χ3n) is 3.63. The number of aromatic nitrogens is 2. The highest BCUT2D eigenvalue weighted by atomic mass is 16.3. The highest BCUT2D eigenvalue weighted by Crippen LogP contribution is 2.34. The lowest BCUT2D eigenvalue weighted by molar-refractivity contribution is 0.0901. The number of hydrogen-bond donors (Lipinski definition) is 1. The summed E-state index contributed by atoms with van der Waals surface area (Å²) in [5.41, 5.74) is 1.14. The molecule has 0 aromatic carbocycles. The Balaban J connectivity index is 1.94. The van der Waals surface area contributed by atoms with E-state index in [2.05, 4.69) is 12.0 Å². The second-order valence-corrected chi connectivity index (χ2v) is 4.87. The van der Waals surface area contributed by atoms with Crippen molar-refractivity contribution in [2.45, 2.75) is 38.7 Å². The van der Waals surface area contributed by atoms with E-state index in [1.54, 1.807) is 4.68 Å². The van der Waals surface area contributed by atoms with Crippen molar-refractivity contribution in [3.63, 3.8) is 0 Å². The number of nitrogens with zero attached hydrogens (tertiary/aromatic N) is 2. The van der Waals surface area contributed by atoms with Crippen LogP contribution in [0.2, 0.25) is 0 Å². The molecule has 1 aliphatic carbocycles. The molecule has 3 atom stereocenters. The summed E-state index contributed by atoms with van der Waals surface area (Å²) >= 11 is 0. The zero-order valence-corrected chi connectivity index (χ0v) is 9.56. The first-order chi connectivity index (χ1) is 7.16. The van der Waals surface area contributed by atoms with Gasteiger partial charge in [-0.3, -0.25) is 4.68 Å². The van der Waals surface area contributed by atoms with E-state index < -0.39 is 0 Å². The lowest BCUT2D eigenvalue weighted by Gasteiger charge is -2.21. The predicted octanol–water partition coefficient (Wildman–Crippen LogP) is 1.76. The molecule has 3 unspecified atom stereocenters. The van der Waals surface area contributed by atoms with Gasteiger partial charge >= 0.3 is 0 Å². The third kappa shape index (κ3) is 2.40. The first-order valence-electron chi connectivity index (χ1n) is 5.82. The Morgan fingerprint density at radius 2 is 2.40 bits per heavy atom. The maximum absolute atomic E-state index is 10.1. The fourth-order valence-corrected chi connectivity index (χ4v) is 2.72. The lowest BCUT2D eigenvalue weighted by atomic mass is 9.89. The maximum Gasteiger partial charge on any atom is 0.0612 e. The molecule has 0 amide bonds. The van der Waals surface area contributed by atoms with Gasteiger partial charge in [0, 0.05) is 19.7 Å². The average molecular weight is 208 g/mol. The molecule has 1 aromatic heterocycles. The molecule has 84 valence electrons. The van der Waals surface area contributed by atoms with Crippen LogP contribution in [0.1, 0.15) is 31.7 Å². The fraction of sp³-hybridized carbons (Fsp3) is 0.750. The molecule has 3 heteroatoms. The number of aliphatic hydroxyl groups is 1. The first-order valence-corrected chi connectivity index (χ1v) is 5.82. The van der Waals surface area contributed by atoms with Gasteiger partial charge in [-0.05, 0) is 23.8 Å². The fourth-order valence-electron chi connectivity index (χ4n) is 2.72. The minimum absolute atomic E-state index is 0.188. The Morgan fingerprint density at radius 1 is 1.60 bits per heavy atom. The van der Waals surface area contributed by atoms with Crippen molar-refractivity contribution in [1.29, 1.82) is 0 Å². The molecule has 0 saturated heterocycles. The van der Waals surface area contributed by atoms with Gasteiger partial charge in [0.2, 0.25) is 0 Å². The van der Waals surface area contributed by atoms with E-state index >= 15 is 0 Å². The first kappa shape index (κ1) is 10.7. The van der Waals surface area contributed by atoms with Crippen LogP contribution in [-0.4, -0.2) is 21.0 Å². The van der Waals surface area contributed by atoms with Crippen LogP contribution in [0, 0.1) is 11.8 Å². The zero-order valence-electron chi connectivity index (χ0n) is 9.56. The highest BCUT2D eigenvalue weighted by molar-refractivity contribution is 5.06. The van der Waals surface area contributed by atoms with E-state index in [0.29, 0.717) is 11.8 Å². The molecular formula is C12H20N2O. The summed E-state index contributed by atoms with van der Waals surface area (Å²) < 4.78 is 1.79. The van der Waals surface area contributed by atoms with Crippen molar-refractivity contribution < 1.29 is 5.11 Å². The predicted molar refractivity (Wildman–Crippen MR) is 59.4 cm³/mol. The third-order valence-corrected chi connectivity index (χ3v) is 3.63. The SMILES string of the molecule is CC1CCCC1C(O)Cc1cnn(C)c1. The number of aryl methyl sites for hydroxylation is 1. The molecule has 2 rings (SSSR count). The van der Waals surface area contributed by atoms with Crippen molar-refractivity contribution in [2.24, 2.45) is 18.9 Å². The molecule has 0 bridgehead atoms. The zero-order chi connectivity index (χ0) is 10.8. The highest BCUT2D eigenvalue weighted by Gasteiger charge is 2.29.